The van der Waals surface area contributed by atoms with Gasteiger partial charge in [0.05, 0.1) is 11.5 Å². The number of hydrogen-bond donors (Lipinski definition) is 3. The first-order valence-corrected chi connectivity index (χ1v) is 7.62. The maximum absolute atomic E-state index is 12.5. The predicted octanol–water partition coefficient (Wildman–Crippen LogP) is 2.93. The van der Waals surface area contributed by atoms with Crippen molar-refractivity contribution in [3.05, 3.63) is 36.0 Å². The molecule has 1 aliphatic rings. The Hall–Kier alpha value is -2.30. The smallest absolute Gasteiger partial charge is 0.308 e. The molecule has 0 saturated heterocycles. The Morgan fingerprint density at radius 2 is 2.14 bits per heavy atom. The molecule has 1 aromatic carbocycles. The van der Waals surface area contributed by atoms with Gasteiger partial charge in [-0.3, -0.25) is 9.59 Å². The number of fused-ring (bicyclic) bond motifs is 1. The van der Waals surface area contributed by atoms with Gasteiger partial charge in [-0.15, -0.1) is 0 Å². The summed E-state index contributed by atoms with van der Waals surface area (Å²) < 4.78 is 0. The largest absolute Gasteiger partial charge is 0.481 e. The molecule has 3 N–H and O–H groups in total. The van der Waals surface area contributed by atoms with E-state index in [1.165, 1.54) is 0 Å². The maximum Gasteiger partial charge on any atom is 0.308 e. The average Bonchev–Trinajstić information content (AvgIpc) is 2.94. The van der Waals surface area contributed by atoms with Gasteiger partial charge < -0.3 is 15.4 Å². The molecule has 1 aliphatic carbocycles. The molecule has 0 spiro atoms. The molecule has 2 atom stereocenters. The van der Waals surface area contributed by atoms with Crippen molar-refractivity contribution in [3.63, 3.8) is 0 Å². The summed E-state index contributed by atoms with van der Waals surface area (Å²) in [7, 11) is 0. The molecule has 0 bridgehead atoms. The third kappa shape index (κ3) is 2.58. The summed E-state index contributed by atoms with van der Waals surface area (Å²) in [5.41, 5.74) is 0.848. The summed E-state index contributed by atoms with van der Waals surface area (Å²) >= 11 is 0. The Morgan fingerprint density at radius 1 is 1.32 bits per heavy atom. The minimum Gasteiger partial charge on any atom is -0.481 e. The van der Waals surface area contributed by atoms with Crippen molar-refractivity contribution < 1.29 is 14.7 Å². The van der Waals surface area contributed by atoms with Crippen LogP contribution in [0.1, 0.15) is 43.0 Å². The number of aromatic nitrogens is 1. The lowest BCUT2D eigenvalue weighted by molar-refractivity contribution is -0.145. The molecule has 1 amide bonds. The molecule has 5 heteroatoms. The molecule has 1 saturated carbocycles. The number of H-pyrrole nitrogens is 1. The number of aromatic amines is 1. The molecule has 22 heavy (non-hydrogen) atoms. The second-order valence-electron chi connectivity index (χ2n) is 6.29. The molecule has 0 radical (unpaired) electrons. The minimum atomic E-state index is -0.830. The van der Waals surface area contributed by atoms with Crippen LogP contribution in [0.15, 0.2) is 30.5 Å². The van der Waals surface area contributed by atoms with Crippen molar-refractivity contribution in [1.29, 1.82) is 0 Å². The van der Waals surface area contributed by atoms with Gasteiger partial charge in [0, 0.05) is 22.7 Å². The highest BCUT2D eigenvalue weighted by molar-refractivity contribution is 5.98. The van der Waals surface area contributed by atoms with E-state index in [4.69, 9.17) is 0 Å². The van der Waals surface area contributed by atoms with Gasteiger partial charge in [-0.1, -0.05) is 12.8 Å². The second kappa shape index (κ2) is 5.48. The highest BCUT2D eigenvalue weighted by Gasteiger charge is 2.42. The molecular weight excluding hydrogens is 280 g/mol. The zero-order valence-corrected chi connectivity index (χ0v) is 12.6. The summed E-state index contributed by atoms with van der Waals surface area (Å²) in [6.45, 7) is 1.84. The molecule has 0 aliphatic heterocycles. The summed E-state index contributed by atoms with van der Waals surface area (Å²) in [6.07, 6.45) is 4.98. The molecule has 2 aromatic rings. The van der Waals surface area contributed by atoms with Crippen LogP contribution in [0.2, 0.25) is 0 Å². The standard InChI is InChI=1S/C17H20N2O3/c1-17(8-3-2-4-13(17)16(21)22)19-15(20)12-5-6-14-11(10-12)7-9-18-14/h5-7,9-10,13,18H,2-4,8H2,1H3,(H,19,20)(H,21,22). The number of amides is 1. The number of carbonyl (C=O) groups excluding carboxylic acids is 1. The quantitative estimate of drug-likeness (QED) is 0.815. The lowest BCUT2D eigenvalue weighted by atomic mass is 9.73. The van der Waals surface area contributed by atoms with Crippen LogP contribution in [0, 0.1) is 5.92 Å². The number of nitrogens with one attached hydrogen (secondary N) is 2. The van der Waals surface area contributed by atoms with Crippen LogP contribution in [0.3, 0.4) is 0 Å². The van der Waals surface area contributed by atoms with Crippen LogP contribution in [-0.4, -0.2) is 27.5 Å². The first-order chi connectivity index (χ1) is 10.5. The molecular formula is C17H20N2O3. The maximum atomic E-state index is 12.5. The van der Waals surface area contributed by atoms with Crippen LogP contribution in [0.4, 0.5) is 0 Å². The zero-order chi connectivity index (χ0) is 15.7. The van der Waals surface area contributed by atoms with Crippen molar-refractivity contribution in [2.24, 2.45) is 5.92 Å². The number of aliphatic carboxylic acids is 1. The van der Waals surface area contributed by atoms with E-state index in [2.05, 4.69) is 10.3 Å². The Kier molecular flexibility index (Phi) is 3.64. The van der Waals surface area contributed by atoms with Gasteiger partial charge in [0.25, 0.3) is 5.91 Å². The van der Waals surface area contributed by atoms with Crippen LogP contribution in [0.25, 0.3) is 10.9 Å². The van der Waals surface area contributed by atoms with Crippen molar-refractivity contribution in [1.82, 2.24) is 10.3 Å². The fraction of sp³-hybridized carbons (Fsp3) is 0.412. The Morgan fingerprint density at radius 3 is 2.91 bits per heavy atom. The first-order valence-electron chi connectivity index (χ1n) is 7.62. The fourth-order valence-electron chi connectivity index (χ4n) is 3.41. The Labute approximate surface area is 128 Å². The van der Waals surface area contributed by atoms with Crippen molar-refractivity contribution in [3.8, 4) is 0 Å². The molecule has 3 rings (SSSR count). The van der Waals surface area contributed by atoms with E-state index in [1.807, 2.05) is 31.3 Å². The number of carboxylic acids is 1. The van der Waals surface area contributed by atoms with Crippen LogP contribution in [-0.2, 0) is 4.79 Å². The summed E-state index contributed by atoms with van der Waals surface area (Å²) in [5, 5.41) is 13.4. The van der Waals surface area contributed by atoms with E-state index in [0.29, 0.717) is 18.4 Å². The Bertz CT molecular complexity index is 722. The van der Waals surface area contributed by atoms with Crippen molar-refractivity contribution >= 4 is 22.8 Å². The lowest BCUT2D eigenvalue weighted by Crippen LogP contribution is -2.55. The van der Waals surface area contributed by atoms with Crippen LogP contribution < -0.4 is 5.32 Å². The van der Waals surface area contributed by atoms with Crippen molar-refractivity contribution in [2.45, 2.75) is 38.1 Å². The SMILES string of the molecule is CC1(NC(=O)c2ccc3[nH]ccc3c2)CCCCC1C(=O)O. The topological polar surface area (TPSA) is 82.2 Å². The van der Waals surface area contributed by atoms with Gasteiger partial charge in [-0.05, 0) is 44.0 Å². The number of carboxylic acid groups (broad SMARTS) is 1. The normalized spacial score (nSPS) is 25.0. The zero-order valence-electron chi connectivity index (χ0n) is 12.6. The number of benzene rings is 1. The fourth-order valence-corrected chi connectivity index (χ4v) is 3.41. The molecule has 1 fully saturated rings. The van der Waals surface area contributed by atoms with Gasteiger partial charge in [-0.25, -0.2) is 0 Å². The minimum absolute atomic E-state index is 0.209. The van der Waals surface area contributed by atoms with E-state index in [1.54, 1.807) is 6.07 Å². The second-order valence-corrected chi connectivity index (χ2v) is 6.29. The summed E-state index contributed by atoms with van der Waals surface area (Å²) in [5.74, 6) is -1.57. The monoisotopic (exact) mass is 300 g/mol. The van der Waals surface area contributed by atoms with E-state index >= 15 is 0 Å². The molecule has 1 aromatic heterocycles. The van der Waals surface area contributed by atoms with Gasteiger partial charge in [0.15, 0.2) is 0 Å². The molecule has 1 heterocycles. The molecule has 2 unspecified atom stereocenters. The summed E-state index contributed by atoms with van der Waals surface area (Å²) in [4.78, 5) is 27.1. The highest BCUT2D eigenvalue weighted by atomic mass is 16.4. The van der Waals surface area contributed by atoms with E-state index < -0.39 is 17.4 Å². The predicted molar refractivity (Wildman–Crippen MR) is 83.8 cm³/mol. The third-order valence-corrected chi connectivity index (χ3v) is 4.72. The van der Waals surface area contributed by atoms with Gasteiger partial charge in [0.1, 0.15) is 0 Å². The van der Waals surface area contributed by atoms with E-state index in [0.717, 1.165) is 23.7 Å². The number of hydrogen-bond acceptors (Lipinski definition) is 2. The number of rotatable bonds is 3. The molecule has 5 nitrogen and oxygen atoms in total. The Balaban J connectivity index is 1.83. The van der Waals surface area contributed by atoms with Gasteiger partial charge in [-0.2, -0.15) is 0 Å². The third-order valence-electron chi connectivity index (χ3n) is 4.72. The van der Waals surface area contributed by atoms with E-state index in [-0.39, 0.29) is 5.91 Å². The lowest BCUT2D eigenvalue weighted by Gasteiger charge is -2.39. The highest BCUT2D eigenvalue weighted by Crippen LogP contribution is 2.34. The van der Waals surface area contributed by atoms with Crippen molar-refractivity contribution in [2.75, 3.05) is 0 Å². The van der Waals surface area contributed by atoms with Crippen LogP contribution >= 0.6 is 0 Å². The van der Waals surface area contributed by atoms with Gasteiger partial charge >= 0.3 is 5.97 Å². The molecule has 116 valence electrons. The first kappa shape index (κ1) is 14.6. The number of carbonyl (C=O) groups is 2. The average molecular weight is 300 g/mol. The van der Waals surface area contributed by atoms with Gasteiger partial charge in [0.2, 0.25) is 0 Å². The summed E-state index contributed by atoms with van der Waals surface area (Å²) in [6, 6.07) is 7.36. The van der Waals surface area contributed by atoms with Crippen LogP contribution in [0.5, 0.6) is 0 Å². The van der Waals surface area contributed by atoms with E-state index in [9.17, 15) is 14.7 Å².